The molecule has 0 aliphatic heterocycles. The van der Waals surface area contributed by atoms with E-state index in [1.165, 1.54) is 23.9 Å². The van der Waals surface area contributed by atoms with Crippen molar-refractivity contribution in [2.24, 2.45) is 0 Å². The SMILES string of the molecule is O=C(NC(Cn1ccnc1)C(=O)c1ccc(F)cc1F)c1ccc(-c2ccc(Cl)cc2)s1. The standard InChI is InChI=1S/C23H16ClF2N3O2S/c24-15-3-1-14(2-4-15)20-7-8-21(32-20)23(31)28-19(12-29-10-9-27-13-29)22(30)17-6-5-16(25)11-18(17)26/h1-11,13,19H,12H2,(H,28,31). The predicted molar refractivity (Wildman–Crippen MR) is 119 cm³/mol. The second kappa shape index (κ2) is 9.42. The zero-order valence-electron chi connectivity index (χ0n) is 16.5. The highest BCUT2D eigenvalue weighted by atomic mass is 35.5. The van der Waals surface area contributed by atoms with Gasteiger partial charge >= 0.3 is 0 Å². The lowest BCUT2D eigenvalue weighted by Gasteiger charge is -2.18. The third-order valence-corrected chi connectivity index (χ3v) is 6.11. The van der Waals surface area contributed by atoms with Gasteiger partial charge in [-0.15, -0.1) is 11.3 Å². The van der Waals surface area contributed by atoms with E-state index in [1.54, 1.807) is 35.0 Å². The monoisotopic (exact) mass is 471 g/mol. The summed E-state index contributed by atoms with van der Waals surface area (Å²) in [4.78, 5) is 31.1. The van der Waals surface area contributed by atoms with Crippen LogP contribution in [0.5, 0.6) is 0 Å². The third-order valence-electron chi connectivity index (χ3n) is 4.73. The first kappa shape index (κ1) is 21.9. The van der Waals surface area contributed by atoms with E-state index in [0.29, 0.717) is 16.0 Å². The van der Waals surface area contributed by atoms with E-state index < -0.39 is 29.4 Å². The summed E-state index contributed by atoms with van der Waals surface area (Å²) in [7, 11) is 0. The molecule has 0 bridgehead atoms. The van der Waals surface area contributed by atoms with Gasteiger partial charge in [-0.3, -0.25) is 9.59 Å². The number of hydrogen-bond acceptors (Lipinski definition) is 4. The van der Waals surface area contributed by atoms with Crippen LogP contribution in [0.4, 0.5) is 8.78 Å². The zero-order valence-corrected chi connectivity index (χ0v) is 18.0. The Bertz CT molecular complexity index is 1260. The molecule has 1 N–H and O–H groups in total. The number of ketones is 1. The van der Waals surface area contributed by atoms with Crippen LogP contribution in [0, 0.1) is 11.6 Å². The molecule has 0 radical (unpaired) electrons. The molecule has 0 saturated heterocycles. The summed E-state index contributed by atoms with van der Waals surface area (Å²) >= 11 is 7.18. The van der Waals surface area contributed by atoms with E-state index in [9.17, 15) is 18.4 Å². The van der Waals surface area contributed by atoms with Gasteiger partial charge in [0.1, 0.15) is 17.7 Å². The number of nitrogens with one attached hydrogen (secondary N) is 1. The molecule has 9 heteroatoms. The number of carbonyl (C=O) groups excluding carboxylic acids is 2. The summed E-state index contributed by atoms with van der Waals surface area (Å²) in [5.74, 6) is -2.92. The number of Topliss-reactive ketones (excluding diaryl/α,β-unsaturated/α-hetero) is 1. The molecule has 0 spiro atoms. The van der Waals surface area contributed by atoms with Crippen molar-refractivity contribution in [2.45, 2.75) is 12.6 Å². The number of halogens is 3. The van der Waals surface area contributed by atoms with Crippen molar-refractivity contribution in [3.05, 3.63) is 100 Å². The van der Waals surface area contributed by atoms with Crippen molar-refractivity contribution in [1.82, 2.24) is 14.9 Å². The molecule has 2 aromatic carbocycles. The van der Waals surface area contributed by atoms with Gasteiger partial charge in [0.2, 0.25) is 0 Å². The van der Waals surface area contributed by atoms with Crippen molar-refractivity contribution in [3.63, 3.8) is 0 Å². The summed E-state index contributed by atoms with van der Waals surface area (Å²) in [5, 5.41) is 3.29. The average Bonchev–Trinajstić information content (AvgIpc) is 3.46. The van der Waals surface area contributed by atoms with Gasteiger partial charge in [-0.1, -0.05) is 23.7 Å². The largest absolute Gasteiger partial charge is 0.339 e. The lowest BCUT2D eigenvalue weighted by atomic mass is 10.0. The van der Waals surface area contributed by atoms with Crippen LogP contribution in [-0.2, 0) is 6.54 Å². The van der Waals surface area contributed by atoms with Crippen LogP contribution in [0.15, 0.2) is 73.3 Å². The Balaban J connectivity index is 1.57. The van der Waals surface area contributed by atoms with Crippen molar-refractivity contribution in [1.29, 1.82) is 0 Å². The Morgan fingerprint density at radius 3 is 2.56 bits per heavy atom. The number of rotatable bonds is 7. The highest BCUT2D eigenvalue weighted by Crippen LogP contribution is 2.29. The molecule has 32 heavy (non-hydrogen) atoms. The Morgan fingerprint density at radius 2 is 1.88 bits per heavy atom. The molecule has 2 heterocycles. The first-order valence-corrected chi connectivity index (χ1v) is 10.7. The number of benzene rings is 2. The molecule has 0 aliphatic carbocycles. The molecular weight excluding hydrogens is 456 g/mol. The van der Waals surface area contributed by atoms with Crippen LogP contribution in [-0.4, -0.2) is 27.3 Å². The number of thiophene rings is 1. The Hall–Kier alpha value is -3.36. The van der Waals surface area contributed by atoms with Crippen molar-refractivity contribution < 1.29 is 18.4 Å². The van der Waals surface area contributed by atoms with E-state index in [2.05, 4.69) is 10.3 Å². The van der Waals surface area contributed by atoms with Crippen molar-refractivity contribution >= 4 is 34.6 Å². The lowest BCUT2D eigenvalue weighted by molar-refractivity contribution is 0.0847. The predicted octanol–water partition coefficient (Wildman–Crippen LogP) is 5.22. The molecule has 0 fully saturated rings. The van der Waals surface area contributed by atoms with Gasteiger partial charge in [-0.2, -0.15) is 0 Å². The van der Waals surface area contributed by atoms with Gasteiger partial charge in [0.15, 0.2) is 5.78 Å². The molecule has 4 rings (SSSR count). The van der Waals surface area contributed by atoms with Gasteiger partial charge in [0, 0.05) is 28.4 Å². The van der Waals surface area contributed by atoms with Crippen LogP contribution in [0.3, 0.4) is 0 Å². The number of imidazole rings is 1. The number of amides is 1. The fourth-order valence-electron chi connectivity index (χ4n) is 3.14. The summed E-state index contributed by atoms with van der Waals surface area (Å²) in [5.41, 5.74) is 0.600. The molecule has 4 aromatic rings. The number of aromatic nitrogens is 2. The molecule has 1 unspecified atom stereocenters. The quantitative estimate of drug-likeness (QED) is 0.376. The minimum Gasteiger partial charge on any atom is -0.339 e. The van der Waals surface area contributed by atoms with Gasteiger partial charge in [-0.25, -0.2) is 13.8 Å². The maximum atomic E-state index is 14.2. The third kappa shape index (κ3) is 4.92. The van der Waals surface area contributed by atoms with Gasteiger partial charge in [-0.05, 0) is 42.0 Å². The molecule has 2 aromatic heterocycles. The number of nitrogens with zero attached hydrogens (tertiary/aromatic N) is 2. The first-order chi connectivity index (χ1) is 15.4. The summed E-state index contributed by atoms with van der Waals surface area (Å²) in [6.07, 6.45) is 4.63. The van der Waals surface area contributed by atoms with Crippen LogP contribution in [0.1, 0.15) is 20.0 Å². The topological polar surface area (TPSA) is 64.0 Å². The lowest BCUT2D eigenvalue weighted by Crippen LogP contribution is -2.43. The normalized spacial score (nSPS) is 11.8. The van der Waals surface area contributed by atoms with Crippen LogP contribution < -0.4 is 5.32 Å². The molecule has 5 nitrogen and oxygen atoms in total. The second-order valence-corrected chi connectivity index (χ2v) is 8.46. The number of hydrogen-bond donors (Lipinski definition) is 1. The second-order valence-electron chi connectivity index (χ2n) is 6.94. The fourth-order valence-corrected chi connectivity index (χ4v) is 4.18. The maximum absolute atomic E-state index is 14.2. The fraction of sp³-hybridized carbons (Fsp3) is 0.0870. The summed E-state index contributed by atoms with van der Waals surface area (Å²) in [6.45, 7) is 0.0385. The van der Waals surface area contributed by atoms with E-state index in [4.69, 9.17) is 11.6 Å². The minimum absolute atomic E-state index is 0.0385. The molecule has 0 saturated carbocycles. The Kier molecular flexibility index (Phi) is 6.43. The minimum atomic E-state index is -1.09. The molecule has 0 aliphatic rings. The van der Waals surface area contributed by atoms with Crippen molar-refractivity contribution in [3.8, 4) is 10.4 Å². The molecule has 1 atom stereocenters. The van der Waals surface area contributed by atoms with E-state index in [0.717, 1.165) is 22.6 Å². The Morgan fingerprint density at radius 1 is 1.09 bits per heavy atom. The van der Waals surface area contributed by atoms with E-state index in [1.807, 2.05) is 12.1 Å². The van der Waals surface area contributed by atoms with Crippen LogP contribution in [0.2, 0.25) is 5.02 Å². The van der Waals surface area contributed by atoms with E-state index >= 15 is 0 Å². The molecule has 162 valence electrons. The highest BCUT2D eigenvalue weighted by molar-refractivity contribution is 7.17. The highest BCUT2D eigenvalue weighted by Gasteiger charge is 2.26. The Labute approximate surface area is 191 Å². The van der Waals surface area contributed by atoms with E-state index in [-0.39, 0.29) is 12.1 Å². The maximum Gasteiger partial charge on any atom is 0.262 e. The zero-order chi connectivity index (χ0) is 22.7. The van der Waals surface area contributed by atoms with Gasteiger partial charge in [0.25, 0.3) is 5.91 Å². The van der Waals surface area contributed by atoms with Crippen LogP contribution >= 0.6 is 22.9 Å². The molecule has 1 amide bonds. The summed E-state index contributed by atoms with van der Waals surface area (Å²) < 4.78 is 29.1. The summed E-state index contributed by atoms with van der Waals surface area (Å²) in [6, 6.07) is 12.3. The van der Waals surface area contributed by atoms with Gasteiger partial charge < -0.3 is 9.88 Å². The van der Waals surface area contributed by atoms with Crippen molar-refractivity contribution in [2.75, 3.05) is 0 Å². The first-order valence-electron chi connectivity index (χ1n) is 9.52. The van der Waals surface area contributed by atoms with Gasteiger partial charge in [0.05, 0.1) is 23.3 Å². The van der Waals surface area contributed by atoms with Crippen LogP contribution in [0.25, 0.3) is 10.4 Å². The smallest absolute Gasteiger partial charge is 0.262 e. The molecular formula is C23H16ClF2N3O2S. The number of carbonyl (C=O) groups is 2. The average molecular weight is 472 g/mol.